The Labute approximate surface area is 119 Å². The highest BCUT2D eigenvalue weighted by Crippen LogP contribution is 2.25. The zero-order valence-corrected chi connectivity index (χ0v) is 12.7. The highest BCUT2D eigenvalue weighted by atomic mass is 16.4. The third-order valence-electron chi connectivity index (χ3n) is 4.03. The first kappa shape index (κ1) is 14.6. The van der Waals surface area contributed by atoms with Crippen LogP contribution in [-0.4, -0.2) is 57.9 Å². The Hall–Kier alpha value is -1.76. The van der Waals surface area contributed by atoms with Crippen LogP contribution in [0.1, 0.15) is 25.1 Å². The minimum atomic E-state index is 0.121. The number of nitrogens with zero attached hydrogens (tertiary/aromatic N) is 5. The van der Waals surface area contributed by atoms with Gasteiger partial charge in [0.05, 0.1) is 11.3 Å². The predicted octanol–water partition coefficient (Wildman–Crippen LogP) is 0.353. The molecule has 2 rings (SSSR count). The number of hydrogen-bond acceptors (Lipinski definition) is 5. The molecule has 1 aromatic heterocycles. The van der Waals surface area contributed by atoms with Gasteiger partial charge in [0.25, 0.3) is 0 Å². The number of amidine groups is 1. The molecule has 0 bridgehead atoms. The van der Waals surface area contributed by atoms with Crippen molar-refractivity contribution in [1.29, 1.82) is 0 Å². The molecular weight excluding hydrogens is 256 g/mol. The second-order valence-corrected chi connectivity index (χ2v) is 5.32. The first-order chi connectivity index (χ1) is 9.49. The van der Waals surface area contributed by atoms with Gasteiger partial charge in [0.2, 0.25) is 0 Å². The molecule has 3 N–H and O–H groups in total. The fourth-order valence-corrected chi connectivity index (χ4v) is 3.02. The van der Waals surface area contributed by atoms with E-state index in [1.54, 1.807) is 0 Å². The van der Waals surface area contributed by atoms with Gasteiger partial charge in [-0.15, -0.1) is 0 Å². The highest BCUT2D eigenvalue weighted by molar-refractivity contribution is 6.02. The number of nitrogens with two attached hydrogens (primary N) is 1. The van der Waals surface area contributed by atoms with Crippen molar-refractivity contribution in [2.24, 2.45) is 17.9 Å². The number of aromatic nitrogens is 2. The number of piperazine rings is 1. The predicted molar refractivity (Wildman–Crippen MR) is 79.4 cm³/mol. The molecule has 0 amide bonds. The Kier molecular flexibility index (Phi) is 4.17. The maximum Gasteiger partial charge on any atom is 0.175 e. The molecule has 1 atom stereocenters. The summed E-state index contributed by atoms with van der Waals surface area (Å²) in [5, 5.41) is 16.5. The molecule has 112 valence electrons. The Morgan fingerprint density at radius 2 is 2.20 bits per heavy atom. The van der Waals surface area contributed by atoms with Crippen molar-refractivity contribution in [3.8, 4) is 0 Å². The highest BCUT2D eigenvalue weighted by Gasteiger charge is 2.28. The van der Waals surface area contributed by atoms with Gasteiger partial charge in [-0.1, -0.05) is 12.1 Å². The zero-order chi connectivity index (χ0) is 14.9. The molecule has 1 fully saturated rings. The van der Waals surface area contributed by atoms with Crippen LogP contribution in [0.3, 0.4) is 0 Å². The third-order valence-corrected chi connectivity index (χ3v) is 4.03. The molecule has 0 saturated carbocycles. The second kappa shape index (κ2) is 5.70. The van der Waals surface area contributed by atoms with E-state index in [0.29, 0.717) is 6.04 Å². The molecular formula is C13H24N6O. The van der Waals surface area contributed by atoms with Crippen molar-refractivity contribution < 1.29 is 5.21 Å². The summed E-state index contributed by atoms with van der Waals surface area (Å²) in [6, 6.07) is 0.476. The quantitative estimate of drug-likeness (QED) is 0.361. The first-order valence-electron chi connectivity index (χ1n) is 7.00. The molecule has 1 aromatic rings. The summed E-state index contributed by atoms with van der Waals surface area (Å²) in [5.41, 5.74) is 7.32. The minimum absolute atomic E-state index is 0.121. The summed E-state index contributed by atoms with van der Waals surface area (Å²) in [6.45, 7) is 10.2. The van der Waals surface area contributed by atoms with Crippen molar-refractivity contribution in [2.45, 2.75) is 26.8 Å². The normalized spacial score (nSPS) is 21.5. The van der Waals surface area contributed by atoms with Gasteiger partial charge in [0, 0.05) is 32.7 Å². The van der Waals surface area contributed by atoms with Gasteiger partial charge in [-0.25, -0.2) is 0 Å². The van der Waals surface area contributed by atoms with E-state index in [1.165, 1.54) is 0 Å². The van der Waals surface area contributed by atoms with E-state index < -0.39 is 0 Å². The molecule has 1 aliphatic rings. The van der Waals surface area contributed by atoms with E-state index in [4.69, 9.17) is 10.9 Å². The van der Waals surface area contributed by atoms with E-state index in [9.17, 15) is 0 Å². The molecule has 20 heavy (non-hydrogen) atoms. The maximum absolute atomic E-state index is 8.98. The number of aryl methyl sites for hydroxylation is 2. The van der Waals surface area contributed by atoms with Gasteiger partial charge in [-0.2, -0.15) is 5.10 Å². The van der Waals surface area contributed by atoms with Crippen molar-refractivity contribution in [3.05, 3.63) is 11.3 Å². The smallest absolute Gasteiger partial charge is 0.175 e. The van der Waals surface area contributed by atoms with Crippen molar-refractivity contribution in [2.75, 3.05) is 31.1 Å². The second-order valence-electron chi connectivity index (χ2n) is 5.32. The molecule has 0 aromatic carbocycles. The summed E-state index contributed by atoms with van der Waals surface area (Å²) in [4.78, 5) is 4.72. The Morgan fingerprint density at radius 3 is 2.75 bits per heavy atom. The summed E-state index contributed by atoms with van der Waals surface area (Å²) in [5.74, 6) is 1.05. The van der Waals surface area contributed by atoms with E-state index >= 15 is 0 Å². The molecule has 0 spiro atoms. The molecule has 0 aliphatic carbocycles. The van der Waals surface area contributed by atoms with Crippen molar-refractivity contribution in [3.63, 3.8) is 0 Å². The first-order valence-corrected chi connectivity index (χ1v) is 7.00. The van der Waals surface area contributed by atoms with Crippen LogP contribution in [0.5, 0.6) is 0 Å². The lowest BCUT2D eigenvalue weighted by Crippen LogP contribution is -2.52. The summed E-state index contributed by atoms with van der Waals surface area (Å²) in [7, 11) is 1.90. The lowest BCUT2D eigenvalue weighted by Gasteiger charge is -2.40. The van der Waals surface area contributed by atoms with Gasteiger partial charge in [0.1, 0.15) is 5.82 Å². The average Bonchev–Trinajstić information content (AvgIpc) is 2.72. The van der Waals surface area contributed by atoms with Gasteiger partial charge in [-0.05, 0) is 20.4 Å². The number of anilines is 1. The lowest BCUT2D eigenvalue weighted by atomic mass is 10.1. The average molecular weight is 280 g/mol. The largest absolute Gasteiger partial charge is 0.409 e. The molecule has 1 unspecified atom stereocenters. The SMILES string of the molecule is CCN1CCN(c2c(C(N)=NO)c(C)nn2C)CC1C. The van der Waals surface area contributed by atoms with Gasteiger partial charge < -0.3 is 15.8 Å². The molecule has 7 heteroatoms. The molecule has 2 heterocycles. The maximum atomic E-state index is 8.98. The van der Waals surface area contributed by atoms with Crippen LogP contribution < -0.4 is 10.6 Å². The lowest BCUT2D eigenvalue weighted by molar-refractivity contribution is 0.198. The minimum Gasteiger partial charge on any atom is -0.409 e. The summed E-state index contributed by atoms with van der Waals surface area (Å²) >= 11 is 0. The summed E-state index contributed by atoms with van der Waals surface area (Å²) < 4.78 is 1.82. The van der Waals surface area contributed by atoms with Crippen molar-refractivity contribution in [1.82, 2.24) is 14.7 Å². The molecule has 1 saturated heterocycles. The number of oxime groups is 1. The van der Waals surface area contributed by atoms with Crippen LogP contribution in [0.4, 0.5) is 5.82 Å². The van der Waals surface area contributed by atoms with Gasteiger partial charge in [-0.3, -0.25) is 9.58 Å². The fraction of sp³-hybridized carbons (Fsp3) is 0.692. The van der Waals surface area contributed by atoms with Crippen molar-refractivity contribution >= 4 is 11.7 Å². The van der Waals surface area contributed by atoms with Crippen LogP contribution in [0.25, 0.3) is 0 Å². The zero-order valence-electron chi connectivity index (χ0n) is 12.7. The van der Waals surface area contributed by atoms with Crippen LogP contribution in [-0.2, 0) is 7.05 Å². The Morgan fingerprint density at radius 1 is 1.50 bits per heavy atom. The standard InChI is InChI=1S/C13H24N6O/c1-5-18-6-7-19(8-9(18)2)13-11(12(14)16-20)10(3)15-17(13)4/h9,20H,5-8H2,1-4H3,(H2,14,16). The van der Waals surface area contributed by atoms with E-state index in [0.717, 1.165) is 43.3 Å². The Balaban J connectivity index is 2.34. The van der Waals surface area contributed by atoms with Gasteiger partial charge >= 0.3 is 0 Å². The number of hydrogen-bond donors (Lipinski definition) is 2. The molecule has 7 nitrogen and oxygen atoms in total. The van der Waals surface area contributed by atoms with E-state index in [-0.39, 0.29) is 5.84 Å². The van der Waals surface area contributed by atoms with Gasteiger partial charge in [0.15, 0.2) is 5.84 Å². The monoisotopic (exact) mass is 280 g/mol. The Bertz CT molecular complexity index is 509. The fourth-order valence-electron chi connectivity index (χ4n) is 3.02. The van der Waals surface area contributed by atoms with Crippen LogP contribution >= 0.6 is 0 Å². The van der Waals surface area contributed by atoms with Crippen LogP contribution in [0, 0.1) is 6.92 Å². The van der Waals surface area contributed by atoms with Crippen LogP contribution in [0.15, 0.2) is 5.16 Å². The number of rotatable bonds is 3. The summed E-state index contributed by atoms with van der Waals surface area (Å²) in [6.07, 6.45) is 0. The molecule has 0 radical (unpaired) electrons. The third kappa shape index (κ3) is 2.45. The molecule has 1 aliphatic heterocycles. The van der Waals surface area contributed by atoms with E-state index in [2.05, 4.69) is 33.9 Å². The van der Waals surface area contributed by atoms with E-state index in [1.807, 2.05) is 18.7 Å². The van der Waals surface area contributed by atoms with Crippen LogP contribution in [0.2, 0.25) is 0 Å². The number of likely N-dealkylation sites (N-methyl/N-ethyl adjacent to an activating group) is 1. The topological polar surface area (TPSA) is 82.9 Å².